The van der Waals surface area contributed by atoms with Crippen molar-refractivity contribution in [2.45, 2.75) is 0 Å². The number of hydrogen-bond donors (Lipinski definition) is 2. The second-order valence-corrected chi connectivity index (χ2v) is 5.46. The summed E-state index contributed by atoms with van der Waals surface area (Å²) < 4.78 is 0.888. The van der Waals surface area contributed by atoms with Crippen molar-refractivity contribution in [1.29, 1.82) is 0 Å². The van der Waals surface area contributed by atoms with Crippen LogP contribution >= 0.6 is 15.9 Å². The highest BCUT2D eigenvalue weighted by Crippen LogP contribution is 2.16. The number of rotatable bonds is 5. The van der Waals surface area contributed by atoms with Crippen molar-refractivity contribution in [3.63, 3.8) is 0 Å². The number of halogens is 1. The van der Waals surface area contributed by atoms with E-state index < -0.39 is 0 Å². The first-order chi connectivity index (χ1) is 10.6. The Kier molecular flexibility index (Phi) is 5.49. The average Bonchev–Trinajstić information content (AvgIpc) is 2.52. The van der Waals surface area contributed by atoms with Gasteiger partial charge in [-0.2, -0.15) is 0 Å². The molecule has 0 unspecified atom stereocenters. The Morgan fingerprint density at radius 3 is 2.27 bits per heavy atom. The number of amides is 2. The van der Waals surface area contributed by atoms with E-state index in [1.807, 2.05) is 18.2 Å². The van der Waals surface area contributed by atoms with Crippen molar-refractivity contribution in [2.24, 2.45) is 0 Å². The molecule has 2 rings (SSSR count). The summed E-state index contributed by atoms with van der Waals surface area (Å²) in [5.41, 5.74) is 1.69. The first-order valence-corrected chi connectivity index (χ1v) is 7.45. The Bertz CT molecular complexity index is 696. The lowest BCUT2D eigenvalue weighted by molar-refractivity contribution is 0.0956. The van der Waals surface area contributed by atoms with Crippen molar-refractivity contribution in [1.82, 2.24) is 5.32 Å². The Morgan fingerprint density at radius 1 is 1.05 bits per heavy atom. The first kappa shape index (κ1) is 16.0. The largest absolute Gasteiger partial charge is 0.349 e. The van der Waals surface area contributed by atoms with Gasteiger partial charge in [0.1, 0.15) is 0 Å². The van der Waals surface area contributed by atoms with Gasteiger partial charge in [-0.25, -0.2) is 0 Å². The molecule has 0 aliphatic carbocycles. The van der Waals surface area contributed by atoms with E-state index in [9.17, 15) is 9.59 Å². The molecule has 0 aliphatic rings. The normalized spacial score (nSPS) is 9.86. The van der Waals surface area contributed by atoms with E-state index in [1.165, 1.54) is 0 Å². The molecule has 0 saturated heterocycles. The molecule has 5 heteroatoms. The maximum atomic E-state index is 12.1. The molecule has 2 aromatic carbocycles. The number of anilines is 1. The Labute approximate surface area is 137 Å². The summed E-state index contributed by atoms with van der Waals surface area (Å²) in [6, 6.07) is 13.8. The van der Waals surface area contributed by atoms with E-state index in [4.69, 9.17) is 0 Å². The van der Waals surface area contributed by atoms with Crippen molar-refractivity contribution >= 4 is 33.4 Å². The molecule has 0 radical (unpaired) electrons. The maximum absolute atomic E-state index is 12.1. The van der Waals surface area contributed by atoms with Gasteiger partial charge in [0.05, 0.1) is 0 Å². The Balaban J connectivity index is 2.05. The number of nitrogens with one attached hydrogen (secondary N) is 2. The van der Waals surface area contributed by atoms with Crippen LogP contribution in [0.3, 0.4) is 0 Å². The molecule has 4 nitrogen and oxygen atoms in total. The molecule has 0 spiro atoms. The molecule has 0 saturated carbocycles. The van der Waals surface area contributed by atoms with Gasteiger partial charge in [0.25, 0.3) is 11.8 Å². The fourth-order valence-corrected chi connectivity index (χ4v) is 2.21. The number of carbonyl (C=O) groups is 2. The fourth-order valence-electron chi connectivity index (χ4n) is 1.81. The molecule has 2 N–H and O–H groups in total. The molecule has 2 amide bonds. The first-order valence-electron chi connectivity index (χ1n) is 6.66. The number of carbonyl (C=O) groups excluding carboxylic acids is 2. The van der Waals surface area contributed by atoms with Crippen LogP contribution in [-0.4, -0.2) is 18.4 Å². The van der Waals surface area contributed by atoms with E-state index in [0.717, 1.165) is 4.47 Å². The summed E-state index contributed by atoms with van der Waals surface area (Å²) in [5, 5.41) is 5.48. The van der Waals surface area contributed by atoms with Gasteiger partial charge in [0.2, 0.25) is 0 Å². The van der Waals surface area contributed by atoms with Crippen LogP contribution in [0, 0.1) is 0 Å². The molecular weight excluding hydrogens is 344 g/mol. The van der Waals surface area contributed by atoms with E-state index in [-0.39, 0.29) is 11.8 Å². The summed E-state index contributed by atoms with van der Waals surface area (Å²) in [5.74, 6) is -0.421. The highest BCUT2D eigenvalue weighted by atomic mass is 79.9. The summed E-state index contributed by atoms with van der Waals surface area (Å²) in [4.78, 5) is 23.9. The van der Waals surface area contributed by atoms with E-state index in [0.29, 0.717) is 23.4 Å². The smallest absolute Gasteiger partial charge is 0.255 e. The van der Waals surface area contributed by atoms with Gasteiger partial charge < -0.3 is 10.6 Å². The lowest BCUT2D eigenvalue weighted by Gasteiger charge is -2.07. The van der Waals surface area contributed by atoms with E-state index in [2.05, 4.69) is 33.1 Å². The number of hydrogen-bond acceptors (Lipinski definition) is 2. The zero-order valence-electron chi connectivity index (χ0n) is 11.8. The monoisotopic (exact) mass is 358 g/mol. The van der Waals surface area contributed by atoms with Gasteiger partial charge in [-0.15, -0.1) is 6.58 Å². The van der Waals surface area contributed by atoms with E-state index >= 15 is 0 Å². The Hall–Kier alpha value is -2.40. The standard InChI is InChI=1S/C17H15BrN2O2/c1-2-10-19-16(21)12-6-8-13(9-7-12)17(22)20-15-5-3-4-14(18)11-15/h2-9,11H,1,10H2,(H,19,21)(H,20,22). The summed E-state index contributed by atoms with van der Waals surface area (Å²) in [7, 11) is 0. The third-order valence-electron chi connectivity index (χ3n) is 2.90. The third-order valence-corrected chi connectivity index (χ3v) is 3.39. The maximum Gasteiger partial charge on any atom is 0.255 e. The third kappa shape index (κ3) is 4.30. The van der Waals surface area contributed by atoms with Gasteiger partial charge >= 0.3 is 0 Å². The van der Waals surface area contributed by atoms with Crippen LogP contribution in [0.2, 0.25) is 0 Å². The topological polar surface area (TPSA) is 58.2 Å². The molecule has 0 aromatic heterocycles. The van der Waals surface area contributed by atoms with Crippen molar-refractivity contribution in [2.75, 3.05) is 11.9 Å². The minimum absolute atomic E-state index is 0.196. The van der Waals surface area contributed by atoms with Gasteiger partial charge in [-0.1, -0.05) is 28.1 Å². The molecular formula is C17H15BrN2O2. The molecule has 112 valence electrons. The SMILES string of the molecule is C=CCNC(=O)c1ccc(C(=O)Nc2cccc(Br)c2)cc1. The van der Waals surface area contributed by atoms with Crippen LogP contribution in [-0.2, 0) is 0 Å². The van der Waals surface area contributed by atoms with Gasteiger partial charge in [0, 0.05) is 27.8 Å². The lowest BCUT2D eigenvalue weighted by atomic mass is 10.1. The highest BCUT2D eigenvalue weighted by molar-refractivity contribution is 9.10. The molecule has 0 bridgehead atoms. The van der Waals surface area contributed by atoms with Crippen LogP contribution in [0.4, 0.5) is 5.69 Å². The van der Waals surface area contributed by atoms with Gasteiger partial charge in [0.15, 0.2) is 0 Å². The second-order valence-electron chi connectivity index (χ2n) is 4.54. The van der Waals surface area contributed by atoms with Crippen LogP contribution in [0.1, 0.15) is 20.7 Å². The zero-order valence-corrected chi connectivity index (χ0v) is 13.4. The van der Waals surface area contributed by atoms with E-state index in [1.54, 1.807) is 36.4 Å². The van der Waals surface area contributed by atoms with Crippen LogP contribution in [0.15, 0.2) is 65.7 Å². The molecule has 0 heterocycles. The summed E-state index contributed by atoms with van der Waals surface area (Å²) in [6.07, 6.45) is 1.61. The summed E-state index contributed by atoms with van der Waals surface area (Å²) in [6.45, 7) is 3.95. The van der Waals surface area contributed by atoms with Gasteiger partial charge in [-0.3, -0.25) is 9.59 Å². The van der Waals surface area contributed by atoms with Gasteiger partial charge in [-0.05, 0) is 42.5 Å². The molecule has 0 atom stereocenters. The Morgan fingerprint density at radius 2 is 1.68 bits per heavy atom. The zero-order chi connectivity index (χ0) is 15.9. The minimum atomic E-state index is -0.226. The van der Waals surface area contributed by atoms with Crippen LogP contribution in [0.25, 0.3) is 0 Å². The number of benzene rings is 2. The van der Waals surface area contributed by atoms with Crippen molar-refractivity contribution in [3.05, 3.63) is 76.8 Å². The predicted octanol–water partition coefficient (Wildman–Crippen LogP) is 3.62. The predicted molar refractivity (Wildman–Crippen MR) is 91.1 cm³/mol. The van der Waals surface area contributed by atoms with Crippen LogP contribution < -0.4 is 10.6 Å². The minimum Gasteiger partial charge on any atom is -0.349 e. The van der Waals surface area contributed by atoms with Crippen molar-refractivity contribution < 1.29 is 9.59 Å². The van der Waals surface area contributed by atoms with Crippen molar-refractivity contribution in [3.8, 4) is 0 Å². The molecule has 2 aromatic rings. The lowest BCUT2D eigenvalue weighted by Crippen LogP contribution is -2.23. The fraction of sp³-hybridized carbons (Fsp3) is 0.0588. The average molecular weight is 359 g/mol. The summed E-state index contributed by atoms with van der Waals surface area (Å²) >= 11 is 3.35. The quantitative estimate of drug-likeness (QED) is 0.802. The van der Waals surface area contributed by atoms with Crippen LogP contribution in [0.5, 0.6) is 0 Å². The molecule has 22 heavy (non-hydrogen) atoms. The molecule has 0 aliphatic heterocycles. The highest BCUT2D eigenvalue weighted by Gasteiger charge is 2.08. The molecule has 0 fully saturated rings. The second kappa shape index (κ2) is 7.56.